The monoisotopic (exact) mass is 519 g/mol. The maximum absolute atomic E-state index is 12.7. The van der Waals surface area contributed by atoms with E-state index in [1.54, 1.807) is 47.4 Å². The Kier molecular flexibility index (Phi) is 8.60. The zero-order chi connectivity index (χ0) is 23.1. The van der Waals surface area contributed by atoms with E-state index in [9.17, 15) is 9.59 Å². The number of ether oxygens (including phenoxy) is 2. The lowest BCUT2D eigenvalue weighted by Crippen LogP contribution is -2.40. The SMILES string of the molecule is CC(C)COc1ccc(C(=O)NC(=S)Nc2cccc(C(=O)N3CCOCC3)c2)cc1Br. The third kappa shape index (κ3) is 6.75. The van der Waals surface area contributed by atoms with Crippen LogP contribution in [0.4, 0.5) is 5.69 Å². The number of anilines is 1. The molecule has 7 nitrogen and oxygen atoms in total. The minimum Gasteiger partial charge on any atom is -0.492 e. The van der Waals surface area contributed by atoms with Gasteiger partial charge in [0.05, 0.1) is 24.3 Å². The summed E-state index contributed by atoms with van der Waals surface area (Å²) in [4.78, 5) is 27.0. The van der Waals surface area contributed by atoms with Crippen LogP contribution in [0.25, 0.3) is 0 Å². The van der Waals surface area contributed by atoms with Crippen molar-refractivity contribution in [2.75, 3.05) is 38.2 Å². The van der Waals surface area contributed by atoms with Gasteiger partial charge in [-0.05, 0) is 70.5 Å². The minimum absolute atomic E-state index is 0.0588. The number of amides is 2. The lowest BCUT2D eigenvalue weighted by molar-refractivity contribution is 0.0303. The molecule has 0 bridgehead atoms. The van der Waals surface area contributed by atoms with Crippen molar-refractivity contribution in [3.8, 4) is 5.75 Å². The third-order valence-corrected chi connectivity index (χ3v) is 5.48. The molecule has 2 N–H and O–H groups in total. The van der Waals surface area contributed by atoms with E-state index in [0.717, 1.165) is 0 Å². The molecule has 2 amide bonds. The number of nitrogens with one attached hydrogen (secondary N) is 2. The molecular weight excluding hydrogens is 494 g/mol. The predicted molar refractivity (Wildman–Crippen MR) is 131 cm³/mol. The second-order valence-electron chi connectivity index (χ2n) is 7.74. The lowest BCUT2D eigenvalue weighted by atomic mass is 10.1. The summed E-state index contributed by atoms with van der Waals surface area (Å²) in [7, 11) is 0. The van der Waals surface area contributed by atoms with Gasteiger partial charge in [0.1, 0.15) is 5.75 Å². The summed E-state index contributed by atoms with van der Waals surface area (Å²) in [6, 6.07) is 12.1. The van der Waals surface area contributed by atoms with Crippen LogP contribution in [0.5, 0.6) is 5.75 Å². The Hall–Kier alpha value is -2.49. The molecule has 32 heavy (non-hydrogen) atoms. The fraction of sp³-hybridized carbons (Fsp3) is 0.348. The predicted octanol–water partition coefficient (Wildman–Crippen LogP) is 4.08. The largest absolute Gasteiger partial charge is 0.492 e. The summed E-state index contributed by atoms with van der Waals surface area (Å²) in [6.07, 6.45) is 0. The van der Waals surface area contributed by atoms with Crippen LogP contribution in [0.2, 0.25) is 0 Å². The molecule has 0 aromatic heterocycles. The number of benzene rings is 2. The van der Waals surface area contributed by atoms with E-state index in [1.165, 1.54) is 0 Å². The molecule has 0 unspecified atom stereocenters. The van der Waals surface area contributed by atoms with Crippen molar-refractivity contribution in [3.63, 3.8) is 0 Å². The second kappa shape index (κ2) is 11.4. The Balaban J connectivity index is 1.59. The molecule has 0 radical (unpaired) electrons. The minimum atomic E-state index is -0.348. The van der Waals surface area contributed by atoms with Gasteiger partial charge in [0.25, 0.3) is 11.8 Å². The Labute approximate surface area is 201 Å². The summed E-state index contributed by atoms with van der Waals surface area (Å²) in [5.41, 5.74) is 1.61. The fourth-order valence-corrected chi connectivity index (χ4v) is 3.74. The maximum Gasteiger partial charge on any atom is 0.257 e. The molecule has 1 saturated heterocycles. The molecule has 1 heterocycles. The molecule has 1 aliphatic rings. The van der Waals surface area contributed by atoms with E-state index < -0.39 is 0 Å². The van der Waals surface area contributed by atoms with E-state index in [2.05, 4.69) is 40.4 Å². The number of hydrogen-bond donors (Lipinski definition) is 2. The Morgan fingerprint density at radius 1 is 1.16 bits per heavy atom. The first kappa shape index (κ1) is 24.2. The second-order valence-corrected chi connectivity index (χ2v) is 9.01. The van der Waals surface area contributed by atoms with Gasteiger partial charge in [-0.1, -0.05) is 19.9 Å². The highest BCUT2D eigenvalue weighted by atomic mass is 79.9. The van der Waals surface area contributed by atoms with Gasteiger partial charge < -0.3 is 19.7 Å². The zero-order valence-corrected chi connectivity index (χ0v) is 20.4. The van der Waals surface area contributed by atoms with Gasteiger partial charge in [-0.15, -0.1) is 0 Å². The third-order valence-electron chi connectivity index (χ3n) is 4.66. The quantitative estimate of drug-likeness (QED) is 0.559. The van der Waals surface area contributed by atoms with Crippen molar-refractivity contribution in [3.05, 3.63) is 58.1 Å². The lowest BCUT2D eigenvalue weighted by Gasteiger charge is -2.27. The van der Waals surface area contributed by atoms with E-state index in [-0.39, 0.29) is 16.9 Å². The van der Waals surface area contributed by atoms with E-state index in [4.69, 9.17) is 21.7 Å². The highest BCUT2D eigenvalue weighted by Crippen LogP contribution is 2.26. The van der Waals surface area contributed by atoms with Gasteiger partial charge in [0.2, 0.25) is 0 Å². The topological polar surface area (TPSA) is 79.9 Å². The van der Waals surface area contributed by atoms with Crippen molar-refractivity contribution >= 4 is 50.8 Å². The fourth-order valence-electron chi connectivity index (χ4n) is 3.03. The van der Waals surface area contributed by atoms with Crippen LogP contribution >= 0.6 is 28.1 Å². The van der Waals surface area contributed by atoms with Crippen LogP contribution in [0.15, 0.2) is 46.9 Å². The molecule has 170 valence electrons. The highest BCUT2D eigenvalue weighted by Gasteiger charge is 2.19. The summed E-state index contributed by atoms with van der Waals surface area (Å²) < 4.78 is 11.7. The highest BCUT2D eigenvalue weighted by molar-refractivity contribution is 9.10. The molecule has 1 aliphatic heterocycles. The van der Waals surface area contributed by atoms with Crippen LogP contribution in [-0.4, -0.2) is 54.7 Å². The number of rotatable bonds is 6. The maximum atomic E-state index is 12.7. The summed E-state index contributed by atoms with van der Waals surface area (Å²) in [5.74, 6) is 0.671. The molecule has 3 rings (SSSR count). The number of morpholine rings is 1. The summed E-state index contributed by atoms with van der Waals surface area (Å²) in [6.45, 7) is 6.95. The van der Waals surface area contributed by atoms with Gasteiger partial charge in [-0.25, -0.2) is 0 Å². The molecule has 0 aliphatic carbocycles. The average molecular weight is 520 g/mol. The van der Waals surface area contributed by atoms with E-state index in [1.807, 2.05) is 0 Å². The van der Waals surface area contributed by atoms with Crippen molar-refractivity contribution in [2.24, 2.45) is 5.92 Å². The molecule has 0 atom stereocenters. The van der Waals surface area contributed by atoms with Gasteiger partial charge >= 0.3 is 0 Å². The van der Waals surface area contributed by atoms with Gasteiger partial charge in [0.15, 0.2) is 5.11 Å². The Morgan fingerprint density at radius 3 is 2.59 bits per heavy atom. The normalized spacial score (nSPS) is 13.6. The number of nitrogens with zero attached hydrogens (tertiary/aromatic N) is 1. The van der Waals surface area contributed by atoms with Crippen molar-refractivity contribution in [1.82, 2.24) is 10.2 Å². The Bertz CT molecular complexity index is 993. The molecule has 9 heteroatoms. The number of hydrogen-bond acceptors (Lipinski definition) is 5. The molecule has 0 spiro atoms. The molecule has 0 saturated carbocycles. The van der Waals surface area contributed by atoms with Crippen LogP contribution in [0.3, 0.4) is 0 Å². The van der Waals surface area contributed by atoms with Crippen LogP contribution in [0.1, 0.15) is 34.6 Å². The number of thiocarbonyl (C=S) groups is 1. The number of halogens is 1. The standard InChI is InChI=1S/C23H26BrN3O4S/c1-15(2)14-31-20-7-6-16(13-19(20)24)21(28)26-23(32)25-18-5-3-4-17(12-18)22(29)27-8-10-30-11-9-27/h3-7,12-13,15H,8-11,14H2,1-2H3,(H2,25,26,28,32). The van der Waals surface area contributed by atoms with Crippen LogP contribution in [-0.2, 0) is 4.74 Å². The average Bonchev–Trinajstić information content (AvgIpc) is 2.78. The number of carbonyl (C=O) groups excluding carboxylic acids is 2. The molecule has 1 fully saturated rings. The smallest absolute Gasteiger partial charge is 0.257 e. The first-order valence-corrected chi connectivity index (χ1v) is 11.6. The number of carbonyl (C=O) groups is 2. The van der Waals surface area contributed by atoms with Gasteiger partial charge in [-0.3, -0.25) is 14.9 Å². The summed E-state index contributed by atoms with van der Waals surface area (Å²) in [5, 5.41) is 5.77. The van der Waals surface area contributed by atoms with Crippen LogP contribution in [0, 0.1) is 5.92 Å². The molecule has 2 aromatic rings. The van der Waals surface area contributed by atoms with Gasteiger partial charge in [0, 0.05) is 29.9 Å². The van der Waals surface area contributed by atoms with Gasteiger partial charge in [-0.2, -0.15) is 0 Å². The van der Waals surface area contributed by atoms with Crippen molar-refractivity contribution in [1.29, 1.82) is 0 Å². The molecule has 2 aromatic carbocycles. The van der Waals surface area contributed by atoms with E-state index >= 15 is 0 Å². The zero-order valence-electron chi connectivity index (χ0n) is 18.0. The first-order chi connectivity index (χ1) is 15.3. The Morgan fingerprint density at radius 2 is 1.91 bits per heavy atom. The van der Waals surface area contributed by atoms with Crippen LogP contribution < -0.4 is 15.4 Å². The summed E-state index contributed by atoms with van der Waals surface area (Å²) >= 11 is 8.73. The van der Waals surface area contributed by atoms with Crippen molar-refractivity contribution in [2.45, 2.75) is 13.8 Å². The van der Waals surface area contributed by atoms with Crippen molar-refractivity contribution < 1.29 is 19.1 Å². The first-order valence-electron chi connectivity index (χ1n) is 10.3. The molecular formula is C23H26BrN3O4S. The van der Waals surface area contributed by atoms with E-state index in [0.29, 0.717) is 65.9 Å².